The third kappa shape index (κ3) is 4.99. The average molecular weight is 346 g/mol. The van der Waals surface area contributed by atoms with Crippen molar-refractivity contribution in [1.82, 2.24) is 0 Å². The molecule has 1 aliphatic carbocycles. The minimum atomic E-state index is 0. The van der Waals surface area contributed by atoms with Gasteiger partial charge < -0.3 is 10.5 Å². The first-order valence-electron chi connectivity index (χ1n) is 8.74. The van der Waals surface area contributed by atoms with Gasteiger partial charge in [-0.25, -0.2) is 0 Å². The third-order valence-corrected chi connectivity index (χ3v) is 5.02. The number of ether oxygens (including phenoxy) is 1. The molecule has 0 radical (unpaired) electrons. The van der Waals surface area contributed by atoms with E-state index >= 15 is 0 Å². The van der Waals surface area contributed by atoms with Crippen molar-refractivity contribution in [2.75, 3.05) is 6.61 Å². The zero-order valence-corrected chi connectivity index (χ0v) is 15.2. The van der Waals surface area contributed by atoms with Gasteiger partial charge in [-0.15, -0.1) is 12.4 Å². The highest BCUT2D eigenvalue weighted by Crippen LogP contribution is 2.26. The van der Waals surface area contributed by atoms with Crippen LogP contribution in [-0.4, -0.2) is 12.6 Å². The van der Waals surface area contributed by atoms with Crippen molar-refractivity contribution < 1.29 is 4.74 Å². The molecule has 1 unspecified atom stereocenters. The zero-order valence-electron chi connectivity index (χ0n) is 14.4. The van der Waals surface area contributed by atoms with Gasteiger partial charge in [0.25, 0.3) is 0 Å². The molecule has 0 spiro atoms. The number of hydrogen-bond donors (Lipinski definition) is 1. The predicted molar refractivity (Wildman–Crippen MR) is 103 cm³/mol. The van der Waals surface area contributed by atoms with Gasteiger partial charge in [-0.05, 0) is 48.4 Å². The number of halogens is 1. The van der Waals surface area contributed by atoms with Crippen molar-refractivity contribution in [3.05, 3.63) is 65.7 Å². The molecule has 0 heterocycles. The van der Waals surface area contributed by atoms with E-state index in [4.69, 9.17) is 10.5 Å². The van der Waals surface area contributed by atoms with Gasteiger partial charge in [0.1, 0.15) is 5.75 Å². The smallest absolute Gasteiger partial charge is 0.119 e. The Hall–Kier alpha value is -1.51. The molecule has 24 heavy (non-hydrogen) atoms. The van der Waals surface area contributed by atoms with Crippen LogP contribution in [0.2, 0.25) is 0 Å². The summed E-state index contributed by atoms with van der Waals surface area (Å²) in [6, 6.07) is 19.6. The summed E-state index contributed by atoms with van der Waals surface area (Å²) in [5.74, 6) is 1.99. The molecule has 2 nitrogen and oxygen atoms in total. The van der Waals surface area contributed by atoms with Crippen LogP contribution < -0.4 is 10.5 Å². The van der Waals surface area contributed by atoms with Crippen molar-refractivity contribution in [3.63, 3.8) is 0 Å². The minimum absolute atomic E-state index is 0. The molecule has 3 rings (SSSR count). The van der Waals surface area contributed by atoms with Crippen LogP contribution in [0.1, 0.15) is 43.2 Å². The summed E-state index contributed by atoms with van der Waals surface area (Å²) in [5, 5.41) is 0. The second-order valence-corrected chi connectivity index (χ2v) is 6.83. The first-order valence-corrected chi connectivity index (χ1v) is 8.74. The molecule has 0 saturated heterocycles. The first kappa shape index (κ1) is 18.8. The Balaban J connectivity index is 0.00000208. The maximum absolute atomic E-state index is 6.10. The van der Waals surface area contributed by atoms with Crippen molar-refractivity contribution in [3.8, 4) is 5.75 Å². The van der Waals surface area contributed by atoms with E-state index in [9.17, 15) is 0 Å². The Morgan fingerprint density at radius 3 is 2.38 bits per heavy atom. The summed E-state index contributed by atoms with van der Waals surface area (Å²) in [4.78, 5) is 0. The van der Waals surface area contributed by atoms with Crippen LogP contribution in [0.4, 0.5) is 0 Å². The Labute approximate surface area is 151 Å². The fraction of sp³-hybridized carbons (Fsp3) is 0.429. The van der Waals surface area contributed by atoms with Crippen LogP contribution >= 0.6 is 12.4 Å². The molecule has 1 saturated carbocycles. The van der Waals surface area contributed by atoms with Gasteiger partial charge >= 0.3 is 0 Å². The van der Waals surface area contributed by atoms with Crippen molar-refractivity contribution >= 4 is 12.4 Å². The zero-order chi connectivity index (χ0) is 16.1. The summed E-state index contributed by atoms with van der Waals surface area (Å²) in [5.41, 5.74) is 8.85. The second-order valence-electron chi connectivity index (χ2n) is 6.83. The van der Waals surface area contributed by atoms with E-state index in [1.165, 1.54) is 24.0 Å². The van der Waals surface area contributed by atoms with E-state index in [0.29, 0.717) is 17.9 Å². The average Bonchev–Trinajstić information content (AvgIpc) is 2.99. The molecule has 0 bridgehead atoms. The first-order chi connectivity index (χ1) is 11.2. The quantitative estimate of drug-likeness (QED) is 0.803. The molecule has 3 heteroatoms. The molecular formula is C21H28ClNO. The van der Waals surface area contributed by atoms with Gasteiger partial charge in [-0.3, -0.25) is 0 Å². The van der Waals surface area contributed by atoms with Gasteiger partial charge in [0.2, 0.25) is 0 Å². The molecule has 2 aromatic carbocycles. The maximum Gasteiger partial charge on any atom is 0.119 e. The maximum atomic E-state index is 6.10. The lowest BCUT2D eigenvalue weighted by Gasteiger charge is -2.17. The highest BCUT2D eigenvalue weighted by molar-refractivity contribution is 5.85. The molecule has 0 amide bonds. The Kier molecular flexibility index (Phi) is 7.14. The van der Waals surface area contributed by atoms with Crippen LogP contribution in [0, 0.1) is 5.92 Å². The summed E-state index contributed by atoms with van der Waals surface area (Å²) >= 11 is 0. The van der Waals surface area contributed by atoms with E-state index in [2.05, 4.69) is 61.5 Å². The van der Waals surface area contributed by atoms with Crippen molar-refractivity contribution in [2.24, 2.45) is 11.7 Å². The number of nitrogens with two attached hydrogens (primary N) is 1. The van der Waals surface area contributed by atoms with Crippen LogP contribution in [0.3, 0.4) is 0 Å². The Morgan fingerprint density at radius 2 is 1.75 bits per heavy atom. The standard InChI is InChI=1S/C21H27NO.ClH/c1-16(14-17-6-3-2-4-7-17)18-10-12-20(13-11-18)23-15-19-8-5-9-21(19)22;/h2-4,6-7,10-13,16,19,21H,5,8-9,14-15,22H2,1H3;1H/t16?,19-,21-;/m1./s1. The largest absolute Gasteiger partial charge is 0.493 e. The topological polar surface area (TPSA) is 35.2 Å². The lowest BCUT2D eigenvalue weighted by Crippen LogP contribution is -2.28. The summed E-state index contributed by atoms with van der Waals surface area (Å²) in [6.45, 7) is 3.03. The Bertz CT molecular complexity index is 599. The van der Waals surface area contributed by atoms with Gasteiger partial charge in [0.15, 0.2) is 0 Å². The van der Waals surface area contributed by atoms with Crippen molar-refractivity contribution in [1.29, 1.82) is 0 Å². The number of rotatable bonds is 6. The highest BCUT2D eigenvalue weighted by atomic mass is 35.5. The lowest BCUT2D eigenvalue weighted by molar-refractivity contribution is 0.239. The predicted octanol–water partition coefficient (Wildman–Crippen LogP) is 4.96. The van der Waals surface area contributed by atoms with E-state index in [1.54, 1.807) is 0 Å². The van der Waals surface area contributed by atoms with Gasteiger partial charge in [-0.2, -0.15) is 0 Å². The monoisotopic (exact) mass is 345 g/mol. The summed E-state index contributed by atoms with van der Waals surface area (Å²) in [6.07, 6.45) is 4.65. The summed E-state index contributed by atoms with van der Waals surface area (Å²) in [7, 11) is 0. The van der Waals surface area contributed by atoms with E-state index < -0.39 is 0 Å². The van der Waals surface area contributed by atoms with Crippen LogP contribution in [0.25, 0.3) is 0 Å². The second kappa shape index (κ2) is 9.10. The molecule has 2 aromatic rings. The molecular weight excluding hydrogens is 318 g/mol. The number of benzene rings is 2. The minimum Gasteiger partial charge on any atom is -0.493 e. The SMILES string of the molecule is CC(Cc1ccccc1)c1ccc(OC[C@H]2CCC[C@H]2N)cc1.Cl. The van der Waals surface area contributed by atoms with E-state index in [0.717, 1.165) is 25.2 Å². The van der Waals surface area contributed by atoms with E-state index in [-0.39, 0.29) is 12.4 Å². The van der Waals surface area contributed by atoms with Crippen molar-refractivity contribution in [2.45, 2.75) is 44.6 Å². The van der Waals surface area contributed by atoms with Crippen LogP contribution in [0.5, 0.6) is 5.75 Å². The van der Waals surface area contributed by atoms with Gasteiger partial charge in [-0.1, -0.05) is 55.8 Å². The molecule has 1 fully saturated rings. The fourth-order valence-electron chi connectivity index (χ4n) is 3.45. The molecule has 0 aromatic heterocycles. The lowest BCUT2D eigenvalue weighted by atomic mass is 9.94. The van der Waals surface area contributed by atoms with Crippen LogP contribution in [-0.2, 0) is 6.42 Å². The van der Waals surface area contributed by atoms with Gasteiger partial charge in [0, 0.05) is 12.0 Å². The Morgan fingerprint density at radius 1 is 1.04 bits per heavy atom. The third-order valence-electron chi connectivity index (χ3n) is 5.02. The molecule has 3 atom stereocenters. The van der Waals surface area contributed by atoms with E-state index in [1.807, 2.05) is 0 Å². The van der Waals surface area contributed by atoms with Gasteiger partial charge in [0.05, 0.1) is 6.61 Å². The molecule has 2 N–H and O–H groups in total. The molecule has 130 valence electrons. The molecule has 0 aliphatic heterocycles. The van der Waals surface area contributed by atoms with Crippen LogP contribution in [0.15, 0.2) is 54.6 Å². The highest BCUT2D eigenvalue weighted by Gasteiger charge is 2.24. The normalized spacial score (nSPS) is 21.1. The summed E-state index contributed by atoms with van der Waals surface area (Å²) < 4.78 is 5.93. The molecule has 1 aliphatic rings. The number of hydrogen-bond acceptors (Lipinski definition) is 2. The fourth-order valence-corrected chi connectivity index (χ4v) is 3.45.